The number of fused-ring (bicyclic) bond motifs is 1. The number of anilines is 2. The summed E-state index contributed by atoms with van der Waals surface area (Å²) in [6, 6.07) is 14.0. The van der Waals surface area contributed by atoms with E-state index in [0.29, 0.717) is 22.8 Å². The molecule has 0 aliphatic rings. The number of methoxy groups -OCH3 is 1. The number of thiophene rings is 1. The molecule has 0 spiro atoms. The third-order valence-electron chi connectivity index (χ3n) is 4.41. The number of nitrogens with two attached hydrogens (primary N) is 1. The summed E-state index contributed by atoms with van der Waals surface area (Å²) in [6.07, 6.45) is -0.0145. The standard InChI is InChI=1S/C21H17FN4O2S/c1-28-17-5-3-2-4-13(17)19-20-14(8-9-29-20)21(26-25-19)24-16-7-6-12(10-15(16)22)11-18(23)27/h2-10H,11H2,1H3,(H2,23,27)(H,24,26). The molecule has 2 aromatic carbocycles. The predicted octanol–water partition coefficient (Wildman–Crippen LogP) is 4.28. The van der Waals surface area contributed by atoms with Crippen LogP contribution in [0.5, 0.6) is 5.75 Å². The summed E-state index contributed by atoms with van der Waals surface area (Å²) in [5, 5.41) is 14.4. The number of amides is 1. The number of hydrogen-bond donors (Lipinski definition) is 2. The van der Waals surface area contributed by atoms with Crippen molar-refractivity contribution in [3.8, 4) is 17.0 Å². The molecule has 0 aliphatic heterocycles. The highest BCUT2D eigenvalue weighted by molar-refractivity contribution is 7.17. The SMILES string of the molecule is COc1ccccc1-c1nnc(Nc2ccc(CC(N)=O)cc2F)c2ccsc12. The van der Waals surface area contributed by atoms with Gasteiger partial charge in [0.05, 0.1) is 23.9 Å². The van der Waals surface area contributed by atoms with E-state index in [2.05, 4.69) is 15.5 Å². The minimum absolute atomic E-state index is 0.0145. The number of primary amides is 1. The van der Waals surface area contributed by atoms with E-state index in [1.807, 2.05) is 35.7 Å². The lowest BCUT2D eigenvalue weighted by atomic mass is 10.1. The number of nitrogens with zero attached hydrogens (tertiary/aromatic N) is 2. The van der Waals surface area contributed by atoms with Crippen LogP contribution >= 0.6 is 11.3 Å². The predicted molar refractivity (Wildman–Crippen MR) is 112 cm³/mol. The number of halogens is 1. The van der Waals surface area contributed by atoms with Crippen molar-refractivity contribution in [3.05, 3.63) is 65.3 Å². The van der Waals surface area contributed by atoms with Gasteiger partial charge in [-0.1, -0.05) is 18.2 Å². The quantitative estimate of drug-likeness (QED) is 0.497. The van der Waals surface area contributed by atoms with Gasteiger partial charge in [0.2, 0.25) is 5.91 Å². The summed E-state index contributed by atoms with van der Waals surface area (Å²) in [7, 11) is 1.61. The second-order valence-electron chi connectivity index (χ2n) is 6.34. The Morgan fingerprint density at radius 3 is 2.79 bits per heavy atom. The molecule has 146 valence electrons. The van der Waals surface area contributed by atoms with Gasteiger partial charge >= 0.3 is 0 Å². The number of carbonyl (C=O) groups excluding carboxylic acids is 1. The number of ether oxygens (including phenoxy) is 1. The molecule has 0 radical (unpaired) electrons. The summed E-state index contributed by atoms with van der Waals surface area (Å²) >= 11 is 1.52. The Morgan fingerprint density at radius 2 is 2.03 bits per heavy atom. The van der Waals surface area contributed by atoms with E-state index in [-0.39, 0.29) is 12.1 Å². The molecule has 0 unspecified atom stereocenters. The van der Waals surface area contributed by atoms with Crippen molar-refractivity contribution in [2.45, 2.75) is 6.42 Å². The third-order valence-corrected chi connectivity index (χ3v) is 5.33. The zero-order chi connectivity index (χ0) is 20.4. The topological polar surface area (TPSA) is 90.1 Å². The molecule has 0 saturated carbocycles. The zero-order valence-corrected chi connectivity index (χ0v) is 16.3. The van der Waals surface area contributed by atoms with Crippen LogP contribution in [-0.4, -0.2) is 23.2 Å². The summed E-state index contributed by atoms with van der Waals surface area (Å²) in [5.74, 6) is 0.139. The van der Waals surface area contributed by atoms with Crippen LogP contribution in [0.4, 0.5) is 15.9 Å². The van der Waals surface area contributed by atoms with Crippen LogP contribution in [0, 0.1) is 5.82 Å². The van der Waals surface area contributed by atoms with Gasteiger partial charge in [0.1, 0.15) is 17.3 Å². The van der Waals surface area contributed by atoms with E-state index in [1.165, 1.54) is 17.4 Å². The molecule has 0 aliphatic carbocycles. The molecular formula is C21H17FN4O2S. The Labute approximate surface area is 170 Å². The summed E-state index contributed by atoms with van der Waals surface area (Å²) in [6.45, 7) is 0. The maximum absolute atomic E-state index is 14.5. The van der Waals surface area contributed by atoms with Gasteiger partial charge in [0, 0.05) is 10.9 Å². The maximum Gasteiger partial charge on any atom is 0.221 e. The maximum atomic E-state index is 14.5. The number of rotatable bonds is 6. The number of hydrogen-bond acceptors (Lipinski definition) is 6. The van der Waals surface area contributed by atoms with Crippen molar-refractivity contribution in [3.63, 3.8) is 0 Å². The molecule has 2 aromatic heterocycles. The summed E-state index contributed by atoms with van der Waals surface area (Å²) in [5.41, 5.74) is 7.46. The number of aromatic nitrogens is 2. The normalized spacial score (nSPS) is 10.8. The average molecular weight is 408 g/mol. The first-order valence-electron chi connectivity index (χ1n) is 8.78. The number of benzene rings is 2. The van der Waals surface area contributed by atoms with Gasteiger partial charge in [-0.3, -0.25) is 4.79 Å². The highest BCUT2D eigenvalue weighted by Gasteiger charge is 2.16. The van der Waals surface area contributed by atoms with Crippen molar-refractivity contribution in [2.24, 2.45) is 5.73 Å². The summed E-state index contributed by atoms with van der Waals surface area (Å²) < 4.78 is 20.8. The van der Waals surface area contributed by atoms with Crippen LogP contribution in [0.2, 0.25) is 0 Å². The fourth-order valence-corrected chi connectivity index (χ4v) is 3.98. The largest absolute Gasteiger partial charge is 0.496 e. The van der Waals surface area contributed by atoms with Gasteiger partial charge in [-0.2, -0.15) is 0 Å². The van der Waals surface area contributed by atoms with Crippen molar-refractivity contribution < 1.29 is 13.9 Å². The van der Waals surface area contributed by atoms with Crippen LogP contribution in [0.1, 0.15) is 5.56 Å². The van der Waals surface area contributed by atoms with Gasteiger partial charge in [-0.15, -0.1) is 21.5 Å². The van der Waals surface area contributed by atoms with Gasteiger partial charge in [0.25, 0.3) is 0 Å². The molecule has 0 saturated heterocycles. The molecule has 6 nitrogen and oxygen atoms in total. The van der Waals surface area contributed by atoms with Crippen LogP contribution < -0.4 is 15.8 Å². The second-order valence-corrected chi connectivity index (χ2v) is 7.26. The van der Waals surface area contributed by atoms with E-state index in [4.69, 9.17) is 10.5 Å². The van der Waals surface area contributed by atoms with Crippen LogP contribution in [0.15, 0.2) is 53.9 Å². The molecule has 1 amide bonds. The van der Waals surface area contributed by atoms with Crippen LogP contribution in [-0.2, 0) is 11.2 Å². The zero-order valence-electron chi connectivity index (χ0n) is 15.5. The van der Waals surface area contributed by atoms with E-state index in [9.17, 15) is 9.18 Å². The highest BCUT2D eigenvalue weighted by atomic mass is 32.1. The molecule has 8 heteroatoms. The van der Waals surface area contributed by atoms with Crippen molar-refractivity contribution in [1.82, 2.24) is 10.2 Å². The lowest BCUT2D eigenvalue weighted by Gasteiger charge is -2.11. The highest BCUT2D eigenvalue weighted by Crippen LogP contribution is 2.38. The fraction of sp³-hybridized carbons (Fsp3) is 0.0952. The van der Waals surface area contributed by atoms with Gasteiger partial charge in [-0.25, -0.2) is 4.39 Å². The molecule has 4 rings (SSSR count). The van der Waals surface area contributed by atoms with Gasteiger partial charge in [-0.05, 0) is 41.3 Å². The molecular weight excluding hydrogens is 391 g/mol. The second kappa shape index (κ2) is 7.84. The van der Waals surface area contributed by atoms with Gasteiger partial charge < -0.3 is 15.8 Å². The lowest BCUT2D eigenvalue weighted by molar-refractivity contribution is -0.117. The third kappa shape index (κ3) is 3.74. The number of carbonyl (C=O) groups is 1. The van der Waals surface area contributed by atoms with Crippen molar-refractivity contribution in [1.29, 1.82) is 0 Å². The molecule has 3 N–H and O–H groups in total. The van der Waals surface area contributed by atoms with E-state index in [1.54, 1.807) is 19.2 Å². The number of para-hydroxylation sites is 1. The monoisotopic (exact) mass is 408 g/mol. The van der Waals surface area contributed by atoms with Crippen molar-refractivity contribution in [2.75, 3.05) is 12.4 Å². The Balaban J connectivity index is 1.72. The molecule has 0 fully saturated rings. The van der Waals surface area contributed by atoms with Crippen LogP contribution in [0.25, 0.3) is 21.3 Å². The molecule has 4 aromatic rings. The summed E-state index contributed by atoms with van der Waals surface area (Å²) in [4.78, 5) is 11.0. The van der Waals surface area contributed by atoms with E-state index in [0.717, 1.165) is 15.6 Å². The first-order valence-corrected chi connectivity index (χ1v) is 9.66. The minimum atomic E-state index is -0.511. The van der Waals surface area contributed by atoms with Gasteiger partial charge in [0.15, 0.2) is 5.82 Å². The average Bonchev–Trinajstić information content (AvgIpc) is 3.20. The Kier molecular flexibility index (Phi) is 5.09. The number of nitrogens with one attached hydrogen (secondary N) is 1. The minimum Gasteiger partial charge on any atom is -0.496 e. The lowest BCUT2D eigenvalue weighted by Crippen LogP contribution is -2.13. The molecule has 0 atom stereocenters. The first-order chi connectivity index (χ1) is 14.1. The van der Waals surface area contributed by atoms with E-state index >= 15 is 0 Å². The smallest absolute Gasteiger partial charge is 0.221 e. The van der Waals surface area contributed by atoms with Crippen molar-refractivity contribution >= 4 is 38.8 Å². The van der Waals surface area contributed by atoms with E-state index < -0.39 is 11.7 Å². The van der Waals surface area contributed by atoms with Crippen LogP contribution in [0.3, 0.4) is 0 Å². The molecule has 0 bridgehead atoms. The Morgan fingerprint density at radius 1 is 1.21 bits per heavy atom. The molecule has 29 heavy (non-hydrogen) atoms. The Hall–Kier alpha value is -3.52. The first kappa shape index (κ1) is 18.8. The Bertz CT molecular complexity index is 1210. The fourth-order valence-electron chi connectivity index (χ4n) is 3.09. The molecule has 2 heterocycles.